The highest BCUT2D eigenvalue weighted by Crippen LogP contribution is 2.11. The first-order valence-corrected chi connectivity index (χ1v) is 5.84. The molecular formula is C11H15N7O. The fourth-order valence-corrected chi connectivity index (χ4v) is 1.60. The van der Waals surface area contributed by atoms with E-state index in [0.29, 0.717) is 24.3 Å². The molecule has 0 fully saturated rings. The Morgan fingerprint density at radius 2 is 2.32 bits per heavy atom. The molecule has 0 aliphatic rings. The fraction of sp³-hybridized carbons (Fsp3) is 0.273. The number of rotatable bonds is 6. The molecule has 0 saturated carbocycles. The van der Waals surface area contributed by atoms with Gasteiger partial charge in [0.05, 0.1) is 23.6 Å². The number of anilines is 1. The first kappa shape index (κ1) is 13.0. The number of nitrogens with one attached hydrogen (secondary N) is 2. The highest BCUT2D eigenvalue weighted by molar-refractivity contribution is 5.99. The van der Waals surface area contributed by atoms with Gasteiger partial charge < -0.3 is 10.7 Å². The Labute approximate surface area is 110 Å². The second-order valence-corrected chi connectivity index (χ2v) is 3.84. The molecule has 0 bridgehead atoms. The zero-order valence-electron chi connectivity index (χ0n) is 10.3. The maximum atomic E-state index is 11.9. The van der Waals surface area contributed by atoms with E-state index in [1.54, 1.807) is 29.3 Å². The number of amides is 1. The number of pyridine rings is 1. The molecule has 100 valence electrons. The molecule has 0 radical (unpaired) electrons. The van der Waals surface area contributed by atoms with Crippen LogP contribution < -0.4 is 16.6 Å². The van der Waals surface area contributed by atoms with E-state index in [1.165, 1.54) is 6.20 Å². The van der Waals surface area contributed by atoms with Crippen LogP contribution in [-0.2, 0) is 6.54 Å². The van der Waals surface area contributed by atoms with Gasteiger partial charge in [-0.05, 0) is 12.5 Å². The number of nitrogens with two attached hydrogens (primary N) is 1. The van der Waals surface area contributed by atoms with Crippen LogP contribution in [0.15, 0.2) is 30.9 Å². The van der Waals surface area contributed by atoms with E-state index in [-0.39, 0.29) is 5.91 Å². The molecule has 2 heterocycles. The number of hydrogen-bond acceptors (Lipinski definition) is 6. The van der Waals surface area contributed by atoms with Crippen molar-refractivity contribution in [2.45, 2.75) is 13.0 Å². The average Bonchev–Trinajstić information content (AvgIpc) is 2.96. The van der Waals surface area contributed by atoms with Crippen molar-refractivity contribution in [3.05, 3.63) is 36.4 Å². The van der Waals surface area contributed by atoms with Gasteiger partial charge in [-0.25, -0.2) is 0 Å². The molecule has 1 amide bonds. The molecule has 2 rings (SSSR count). The molecular weight excluding hydrogens is 246 g/mol. The Bertz CT molecular complexity index is 526. The quantitative estimate of drug-likeness (QED) is 0.376. The number of nitrogens with zero attached hydrogens (tertiary/aromatic N) is 4. The smallest absolute Gasteiger partial charge is 0.253 e. The monoisotopic (exact) mass is 261 g/mol. The molecule has 0 unspecified atom stereocenters. The number of hydrazine groups is 1. The van der Waals surface area contributed by atoms with Crippen molar-refractivity contribution in [3.8, 4) is 0 Å². The average molecular weight is 261 g/mol. The van der Waals surface area contributed by atoms with Gasteiger partial charge in [0.15, 0.2) is 0 Å². The number of aromatic nitrogens is 4. The van der Waals surface area contributed by atoms with Gasteiger partial charge in [0.2, 0.25) is 0 Å². The lowest BCUT2D eigenvalue weighted by Gasteiger charge is -2.08. The first-order valence-electron chi connectivity index (χ1n) is 5.84. The van der Waals surface area contributed by atoms with Crippen molar-refractivity contribution in [1.29, 1.82) is 0 Å². The summed E-state index contributed by atoms with van der Waals surface area (Å²) in [5, 5.41) is 10.4. The van der Waals surface area contributed by atoms with Gasteiger partial charge in [-0.15, -0.1) is 5.10 Å². The van der Waals surface area contributed by atoms with Crippen molar-refractivity contribution < 1.29 is 4.79 Å². The Kier molecular flexibility index (Phi) is 4.40. The summed E-state index contributed by atoms with van der Waals surface area (Å²) in [5.41, 5.74) is 3.41. The second-order valence-electron chi connectivity index (χ2n) is 3.84. The van der Waals surface area contributed by atoms with E-state index in [0.717, 1.165) is 6.42 Å². The third-order valence-corrected chi connectivity index (χ3v) is 2.54. The van der Waals surface area contributed by atoms with Crippen LogP contribution in [0.3, 0.4) is 0 Å². The summed E-state index contributed by atoms with van der Waals surface area (Å²) in [6.45, 7) is 1.25. The van der Waals surface area contributed by atoms with Gasteiger partial charge in [0, 0.05) is 25.5 Å². The number of nitrogen functional groups attached to an aromatic ring is 1. The van der Waals surface area contributed by atoms with E-state index in [9.17, 15) is 4.79 Å². The molecule has 0 atom stereocenters. The predicted octanol–water partition coefficient (Wildman–Crippen LogP) is -0.221. The van der Waals surface area contributed by atoms with E-state index < -0.39 is 0 Å². The fourth-order valence-electron chi connectivity index (χ4n) is 1.60. The molecule has 8 nitrogen and oxygen atoms in total. The minimum atomic E-state index is -0.186. The molecule has 2 aromatic heterocycles. The Hall–Kier alpha value is -2.48. The highest BCUT2D eigenvalue weighted by Gasteiger charge is 2.09. The largest absolute Gasteiger partial charge is 0.352 e. The first-order chi connectivity index (χ1) is 9.31. The molecule has 0 aliphatic carbocycles. The summed E-state index contributed by atoms with van der Waals surface area (Å²) in [6.07, 6.45) is 7.22. The maximum absolute atomic E-state index is 11.9. The Morgan fingerprint density at radius 1 is 1.42 bits per heavy atom. The highest BCUT2D eigenvalue weighted by atomic mass is 16.1. The van der Waals surface area contributed by atoms with E-state index in [2.05, 4.69) is 26.0 Å². The number of hydrogen-bond donors (Lipinski definition) is 3. The van der Waals surface area contributed by atoms with Crippen LogP contribution in [0.2, 0.25) is 0 Å². The van der Waals surface area contributed by atoms with Gasteiger partial charge in [-0.3, -0.25) is 20.3 Å². The molecule has 4 N–H and O–H groups in total. The number of carbonyl (C=O) groups excluding carboxylic acids is 1. The summed E-state index contributed by atoms with van der Waals surface area (Å²) in [4.78, 5) is 15.8. The zero-order chi connectivity index (χ0) is 13.5. The predicted molar refractivity (Wildman–Crippen MR) is 69.0 cm³/mol. The van der Waals surface area contributed by atoms with Crippen LogP contribution in [0, 0.1) is 0 Å². The van der Waals surface area contributed by atoms with Crippen LogP contribution in [0.4, 0.5) is 5.69 Å². The number of aryl methyl sites for hydroxylation is 1. The third kappa shape index (κ3) is 3.49. The SMILES string of the molecule is NNc1cnccc1C(=O)NCCCn1ccnn1. The molecule has 0 aliphatic heterocycles. The van der Waals surface area contributed by atoms with Crippen molar-refractivity contribution in [3.63, 3.8) is 0 Å². The Balaban J connectivity index is 1.81. The maximum Gasteiger partial charge on any atom is 0.253 e. The number of carbonyl (C=O) groups is 1. The molecule has 2 aromatic rings. The molecule has 0 saturated heterocycles. The Morgan fingerprint density at radius 3 is 3.05 bits per heavy atom. The van der Waals surface area contributed by atoms with Gasteiger partial charge >= 0.3 is 0 Å². The summed E-state index contributed by atoms with van der Waals surface area (Å²) in [7, 11) is 0. The lowest BCUT2D eigenvalue weighted by Crippen LogP contribution is -2.27. The van der Waals surface area contributed by atoms with Crippen molar-refractivity contribution in [2.24, 2.45) is 5.84 Å². The molecule has 19 heavy (non-hydrogen) atoms. The van der Waals surface area contributed by atoms with Gasteiger partial charge in [-0.2, -0.15) is 0 Å². The van der Waals surface area contributed by atoms with Crippen molar-refractivity contribution in [2.75, 3.05) is 12.0 Å². The van der Waals surface area contributed by atoms with Gasteiger partial charge in [0.25, 0.3) is 5.91 Å². The standard InChI is InChI=1S/C11H15N7O/c12-16-10-8-13-4-2-9(10)11(19)14-3-1-6-18-7-5-15-17-18/h2,4-5,7-8,16H,1,3,6,12H2,(H,14,19). The summed E-state index contributed by atoms with van der Waals surface area (Å²) >= 11 is 0. The minimum Gasteiger partial charge on any atom is -0.352 e. The summed E-state index contributed by atoms with van der Waals surface area (Å²) in [6, 6.07) is 1.61. The van der Waals surface area contributed by atoms with Crippen LogP contribution in [0.1, 0.15) is 16.8 Å². The van der Waals surface area contributed by atoms with Gasteiger partial charge in [-0.1, -0.05) is 5.21 Å². The van der Waals surface area contributed by atoms with Crippen LogP contribution in [0.25, 0.3) is 0 Å². The molecule has 8 heteroatoms. The minimum absolute atomic E-state index is 0.186. The zero-order valence-corrected chi connectivity index (χ0v) is 10.3. The molecule has 0 aromatic carbocycles. The van der Waals surface area contributed by atoms with Crippen LogP contribution in [-0.4, -0.2) is 32.4 Å². The van der Waals surface area contributed by atoms with Crippen molar-refractivity contribution in [1.82, 2.24) is 25.3 Å². The summed E-state index contributed by atoms with van der Waals surface area (Å²) in [5.74, 6) is 5.13. The van der Waals surface area contributed by atoms with Gasteiger partial charge in [0.1, 0.15) is 0 Å². The normalized spacial score (nSPS) is 10.2. The molecule has 0 spiro atoms. The van der Waals surface area contributed by atoms with E-state index >= 15 is 0 Å². The lowest BCUT2D eigenvalue weighted by molar-refractivity contribution is 0.0953. The van der Waals surface area contributed by atoms with Crippen LogP contribution >= 0.6 is 0 Å². The topological polar surface area (TPSA) is 111 Å². The van der Waals surface area contributed by atoms with Crippen LogP contribution in [0.5, 0.6) is 0 Å². The lowest BCUT2D eigenvalue weighted by atomic mass is 10.2. The van der Waals surface area contributed by atoms with E-state index in [4.69, 9.17) is 5.84 Å². The van der Waals surface area contributed by atoms with Crippen molar-refractivity contribution >= 4 is 11.6 Å². The summed E-state index contributed by atoms with van der Waals surface area (Å²) < 4.78 is 1.71. The van der Waals surface area contributed by atoms with E-state index in [1.807, 2.05) is 0 Å². The third-order valence-electron chi connectivity index (χ3n) is 2.54. The second kappa shape index (κ2) is 6.45.